The van der Waals surface area contributed by atoms with Gasteiger partial charge in [-0.15, -0.1) is 0 Å². The van der Waals surface area contributed by atoms with Gasteiger partial charge in [-0.3, -0.25) is 9.48 Å². The lowest BCUT2D eigenvalue weighted by molar-refractivity contribution is -0.135. The lowest BCUT2D eigenvalue weighted by atomic mass is 10.1. The SMILES string of the molecule is CCN(CC)C(=O)[C@@H](C)Cn1nc(C)c(Cl)c1C. The van der Waals surface area contributed by atoms with E-state index in [0.29, 0.717) is 11.6 Å². The summed E-state index contributed by atoms with van der Waals surface area (Å²) in [6.45, 7) is 11.8. The largest absolute Gasteiger partial charge is 0.343 e. The zero-order valence-electron chi connectivity index (χ0n) is 11.8. The van der Waals surface area contributed by atoms with Crippen LogP contribution in [0, 0.1) is 19.8 Å². The first-order valence-corrected chi connectivity index (χ1v) is 6.78. The Morgan fingerprint density at radius 3 is 2.33 bits per heavy atom. The standard InChI is InChI=1S/C13H22ClN3O/c1-6-16(7-2)13(18)9(3)8-17-11(5)12(14)10(4)15-17/h9H,6-8H2,1-5H3/t9-/m0/s1. The van der Waals surface area contributed by atoms with Crippen LogP contribution in [0.25, 0.3) is 0 Å². The third-order valence-corrected chi connectivity index (χ3v) is 3.78. The molecule has 0 aromatic carbocycles. The van der Waals surface area contributed by atoms with Gasteiger partial charge in [-0.05, 0) is 27.7 Å². The molecule has 1 amide bonds. The number of amides is 1. The van der Waals surface area contributed by atoms with Crippen molar-refractivity contribution < 1.29 is 4.79 Å². The van der Waals surface area contributed by atoms with Gasteiger partial charge < -0.3 is 4.90 Å². The van der Waals surface area contributed by atoms with E-state index < -0.39 is 0 Å². The summed E-state index contributed by atoms with van der Waals surface area (Å²) in [4.78, 5) is 14.0. The molecule has 0 unspecified atom stereocenters. The molecule has 1 atom stereocenters. The Bertz CT molecular complexity index is 424. The van der Waals surface area contributed by atoms with Crippen molar-refractivity contribution >= 4 is 17.5 Å². The van der Waals surface area contributed by atoms with Crippen LogP contribution >= 0.6 is 11.6 Å². The molecule has 102 valence electrons. The summed E-state index contributed by atoms with van der Waals surface area (Å²) in [5, 5.41) is 5.05. The molecular formula is C13H22ClN3O. The minimum atomic E-state index is -0.0843. The first-order valence-electron chi connectivity index (χ1n) is 6.40. The predicted octanol–water partition coefficient (Wildman–Crippen LogP) is 2.66. The second-order valence-corrected chi connectivity index (χ2v) is 4.96. The average Bonchev–Trinajstić information content (AvgIpc) is 2.58. The molecule has 0 bridgehead atoms. The molecule has 0 radical (unpaired) electrons. The zero-order valence-corrected chi connectivity index (χ0v) is 12.6. The molecule has 0 aliphatic rings. The Morgan fingerprint density at radius 1 is 1.39 bits per heavy atom. The summed E-state index contributed by atoms with van der Waals surface area (Å²) in [5.41, 5.74) is 1.74. The van der Waals surface area contributed by atoms with Crippen LogP contribution in [0.1, 0.15) is 32.2 Å². The van der Waals surface area contributed by atoms with Crippen LogP contribution in [0.5, 0.6) is 0 Å². The number of aromatic nitrogens is 2. The summed E-state index contributed by atoms with van der Waals surface area (Å²) >= 11 is 6.10. The van der Waals surface area contributed by atoms with Gasteiger partial charge in [0.25, 0.3) is 0 Å². The third-order valence-electron chi connectivity index (χ3n) is 3.24. The quantitative estimate of drug-likeness (QED) is 0.826. The lowest BCUT2D eigenvalue weighted by Gasteiger charge is -2.23. The molecule has 0 fully saturated rings. The highest BCUT2D eigenvalue weighted by Crippen LogP contribution is 2.20. The lowest BCUT2D eigenvalue weighted by Crippen LogP contribution is -2.36. The summed E-state index contributed by atoms with van der Waals surface area (Å²) in [7, 11) is 0. The molecule has 1 aromatic heterocycles. The molecule has 0 saturated carbocycles. The smallest absolute Gasteiger partial charge is 0.227 e. The number of hydrogen-bond acceptors (Lipinski definition) is 2. The van der Waals surface area contributed by atoms with Gasteiger partial charge in [-0.2, -0.15) is 5.10 Å². The van der Waals surface area contributed by atoms with E-state index in [4.69, 9.17) is 11.6 Å². The fraction of sp³-hybridized carbons (Fsp3) is 0.692. The Kier molecular flexibility index (Phi) is 5.20. The van der Waals surface area contributed by atoms with Gasteiger partial charge in [0.1, 0.15) is 0 Å². The number of aryl methyl sites for hydroxylation is 1. The minimum Gasteiger partial charge on any atom is -0.343 e. The maximum atomic E-state index is 12.2. The highest BCUT2D eigenvalue weighted by atomic mass is 35.5. The van der Waals surface area contributed by atoms with Crippen molar-refractivity contribution in [2.45, 2.75) is 41.2 Å². The van der Waals surface area contributed by atoms with Gasteiger partial charge in [0.15, 0.2) is 0 Å². The van der Waals surface area contributed by atoms with Crippen molar-refractivity contribution in [3.8, 4) is 0 Å². The fourth-order valence-electron chi connectivity index (χ4n) is 2.04. The number of halogens is 1. The molecule has 1 heterocycles. The molecule has 5 heteroatoms. The first kappa shape index (κ1) is 15.0. The van der Waals surface area contributed by atoms with Crippen LogP contribution in [0.15, 0.2) is 0 Å². The first-order chi connectivity index (χ1) is 8.42. The van der Waals surface area contributed by atoms with Crippen molar-refractivity contribution in [2.75, 3.05) is 13.1 Å². The summed E-state index contributed by atoms with van der Waals surface area (Å²) in [5.74, 6) is 0.0858. The van der Waals surface area contributed by atoms with Gasteiger partial charge in [0.05, 0.1) is 28.9 Å². The molecule has 0 spiro atoms. The second kappa shape index (κ2) is 6.23. The highest BCUT2D eigenvalue weighted by Gasteiger charge is 2.20. The molecular weight excluding hydrogens is 250 g/mol. The molecule has 4 nitrogen and oxygen atoms in total. The van der Waals surface area contributed by atoms with Crippen LogP contribution in [-0.4, -0.2) is 33.7 Å². The summed E-state index contributed by atoms with van der Waals surface area (Å²) in [6.07, 6.45) is 0. The monoisotopic (exact) mass is 271 g/mol. The normalized spacial score (nSPS) is 12.6. The highest BCUT2D eigenvalue weighted by molar-refractivity contribution is 6.31. The van der Waals surface area contributed by atoms with E-state index in [2.05, 4.69) is 5.10 Å². The predicted molar refractivity (Wildman–Crippen MR) is 73.8 cm³/mol. The fourth-order valence-corrected chi connectivity index (χ4v) is 2.17. The van der Waals surface area contributed by atoms with E-state index in [0.717, 1.165) is 24.5 Å². The third kappa shape index (κ3) is 3.05. The van der Waals surface area contributed by atoms with Gasteiger partial charge >= 0.3 is 0 Å². The number of carbonyl (C=O) groups excluding carboxylic acids is 1. The Balaban J connectivity index is 2.78. The van der Waals surface area contributed by atoms with E-state index in [9.17, 15) is 4.79 Å². The van der Waals surface area contributed by atoms with Gasteiger partial charge in [-0.1, -0.05) is 18.5 Å². The van der Waals surface area contributed by atoms with Gasteiger partial charge in [-0.25, -0.2) is 0 Å². The van der Waals surface area contributed by atoms with Crippen LogP contribution in [-0.2, 0) is 11.3 Å². The van der Waals surface area contributed by atoms with Crippen molar-refractivity contribution in [3.63, 3.8) is 0 Å². The number of rotatable bonds is 5. The van der Waals surface area contributed by atoms with E-state index >= 15 is 0 Å². The Morgan fingerprint density at radius 2 is 1.94 bits per heavy atom. The van der Waals surface area contributed by atoms with E-state index in [-0.39, 0.29) is 11.8 Å². The molecule has 1 rings (SSSR count). The Hall–Kier alpha value is -1.03. The van der Waals surface area contributed by atoms with Crippen molar-refractivity contribution in [1.82, 2.24) is 14.7 Å². The van der Waals surface area contributed by atoms with Crippen molar-refractivity contribution in [2.24, 2.45) is 5.92 Å². The van der Waals surface area contributed by atoms with E-state index in [1.54, 1.807) is 0 Å². The maximum Gasteiger partial charge on any atom is 0.227 e. The second-order valence-electron chi connectivity index (χ2n) is 4.58. The van der Waals surface area contributed by atoms with Crippen molar-refractivity contribution in [3.05, 3.63) is 16.4 Å². The number of carbonyl (C=O) groups is 1. The molecule has 1 aromatic rings. The van der Waals surface area contributed by atoms with E-state index in [1.807, 2.05) is 44.2 Å². The molecule has 18 heavy (non-hydrogen) atoms. The molecule has 0 aliphatic carbocycles. The summed E-state index contributed by atoms with van der Waals surface area (Å²) < 4.78 is 1.82. The van der Waals surface area contributed by atoms with Crippen LogP contribution in [0.2, 0.25) is 5.02 Å². The Labute approximate surface area is 114 Å². The van der Waals surface area contributed by atoms with Gasteiger partial charge in [0.2, 0.25) is 5.91 Å². The topological polar surface area (TPSA) is 38.1 Å². The molecule has 0 N–H and O–H groups in total. The average molecular weight is 272 g/mol. The minimum absolute atomic E-state index is 0.0843. The summed E-state index contributed by atoms with van der Waals surface area (Å²) in [6, 6.07) is 0. The van der Waals surface area contributed by atoms with Crippen molar-refractivity contribution in [1.29, 1.82) is 0 Å². The molecule has 0 aliphatic heterocycles. The number of nitrogens with zero attached hydrogens (tertiary/aromatic N) is 3. The number of hydrogen-bond donors (Lipinski definition) is 0. The van der Waals surface area contributed by atoms with E-state index in [1.165, 1.54) is 0 Å². The van der Waals surface area contributed by atoms with Crippen LogP contribution < -0.4 is 0 Å². The van der Waals surface area contributed by atoms with Crippen LogP contribution in [0.4, 0.5) is 0 Å². The maximum absolute atomic E-state index is 12.2. The van der Waals surface area contributed by atoms with Gasteiger partial charge in [0, 0.05) is 13.1 Å². The zero-order chi connectivity index (χ0) is 13.9. The van der Waals surface area contributed by atoms with Crippen LogP contribution in [0.3, 0.4) is 0 Å². The molecule has 0 saturated heterocycles.